The van der Waals surface area contributed by atoms with Gasteiger partial charge in [-0.2, -0.15) is 8.42 Å². The number of rotatable bonds is 4. The normalized spacial score (nSPS) is 11.8. The first kappa shape index (κ1) is 15.3. The van der Waals surface area contributed by atoms with Crippen LogP contribution >= 0.6 is 0 Å². The first-order valence-electron chi connectivity index (χ1n) is 6.53. The molecule has 0 saturated heterocycles. The summed E-state index contributed by atoms with van der Waals surface area (Å²) >= 11 is 0. The van der Waals surface area contributed by atoms with E-state index < -0.39 is 10.0 Å². The summed E-state index contributed by atoms with van der Waals surface area (Å²) in [5.41, 5.74) is 2.65. The van der Waals surface area contributed by atoms with E-state index in [0.717, 1.165) is 11.1 Å². The highest BCUT2D eigenvalue weighted by Crippen LogP contribution is 2.28. The molecule has 2 rings (SSSR count). The molecule has 0 aliphatic carbocycles. The van der Waals surface area contributed by atoms with Crippen LogP contribution in [0.1, 0.15) is 5.56 Å². The van der Waals surface area contributed by atoms with E-state index in [1.807, 2.05) is 37.3 Å². The Morgan fingerprint density at radius 2 is 1.62 bits per heavy atom. The van der Waals surface area contributed by atoms with Crippen LogP contribution in [0.15, 0.2) is 57.8 Å². The standard InChI is InChI=1S/C16H18N2O2S/c1-13-8-10-14(11-9-13)15-6-4-5-7-16(15)21(19,20)17-12-18(2)3/h4-12H,1-3H3/b17-12+. The predicted octanol–water partition coefficient (Wildman–Crippen LogP) is 2.94. The molecule has 0 heterocycles. The van der Waals surface area contributed by atoms with Gasteiger partial charge in [0.2, 0.25) is 0 Å². The average molecular weight is 302 g/mol. The average Bonchev–Trinajstić information content (AvgIpc) is 2.46. The summed E-state index contributed by atoms with van der Waals surface area (Å²) in [7, 11) is -0.262. The second kappa shape index (κ2) is 6.10. The van der Waals surface area contributed by atoms with Gasteiger partial charge in [-0.25, -0.2) is 0 Å². The lowest BCUT2D eigenvalue weighted by atomic mass is 10.0. The van der Waals surface area contributed by atoms with Crippen LogP contribution in [0.3, 0.4) is 0 Å². The van der Waals surface area contributed by atoms with E-state index in [1.165, 1.54) is 6.34 Å². The molecule has 0 fully saturated rings. The molecule has 5 heteroatoms. The van der Waals surface area contributed by atoms with Crippen LogP contribution in [0.4, 0.5) is 0 Å². The molecule has 2 aromatic carbocycles. The Hall–Kier alpha value is -2.14. The van der Waals surface area contributed by atoms with Gasteiger partial charge < -0.3 is 4.90 Å². The molecular formula is C16H18N2O2S. The third-order valence-electron chi connectivity index (χ3n) is 2.94. The van der Waals surface area contributed by atoms with E-state index in [0.29, 0.717) is 5.56 Å². The van der Waals surface area contributed by atoms with Crippen LogP contribution in [0.5, 0.6) is 0 Å². The molecule has 0 aliphatic rings. The first-order chi connectivity index (χ1) is 9.90. The Kier molecular flexibility index (Phi) is 4.43. The van der Waals surface area contributed by atoms with Crippen LogP contribution in [0.2, 0.25) is 0 Å². The smallest absolute Gasteiger partial charge is 0.284 e. The molecule has 0 atom stereocenters. The Bertz CT molecular complexity index is 748. The lowest BCUT2D eigenvalue weighted by molar-refractivity contribution is 0.595. The summed E-state index contributed by atoms with van der Waals surface area (Å²) in [6.45, 7) is 1.99. The molecule has 2 aromatic rings. The maximum atomic E-state index is 12.4. The summed E-state index contributed by atoms with van der Waals surface area (Å²) in [6, 6.07) is 14.7. The van der Waals surface area contributed by atoms with E-state index in [4.69, 9.17) is 0 Å². The van der Waals surface area contributed by atoms with Gasteiger partial charge in [-0.05, 0) is 18.6 Å². The minimum Gasteiger partial charge on any atom is -0.368 e. The molecule has 0 aromatic heterocycles. The largest absolute Gasteiger partial charge is 0.368 e. The van der Waals surface area contributed by atoms with Crippen molar-refractivity contribution in [2.24, 2.45) is 4.40 Å². The number of hydrogen-bond acceptors (Lipinski definition) is 2. The van der Waals surface area contributed by atoms with E-state index in [9.17, 15) is 8.42 Å². The highest BCUT2D eigenvalue weighted by molar-refractivity contribution is 7.90. The SMILES string of the molecule is Cc1ccc(-c2ccccc2S(=O)(=O)/N=C/N(C)C)cc1. The second-order valence-corrected chi connectivity index (χ2v) is 6.62. The van der Waals surface area contributed by atoms with Gasteiger partial charge in [0, 0.05) is 19.7 Å². The second-order valence-electron chi connectivity index (χ2n) is 5.02. The van der Waals surface area contributed by atoms with Gasteiger partial charge in [0.15, 0.2) is 0 Å². The van der Waals surface area contributed by atoms with Gasteiger partial charge in [-0.15, -0.1) is 4.40 Å². The molecular weight excluding hydrogens is 284 g/mol. The van der Waals surface area contributed by atoms with Crippen LogP contribution in [-0.4, -0.2) is 33.8 Å². The highest BCUT2D eigenvalue weighted by atomic mass is 32.2. The predicted molar refractivity (Wildman–Crippen MR) is 86.0 cm³/mol. The van der Waals surface area contributed by atoms with E-state index in [1.54, 1.807) is 37.2 Å². The van der Waals surface area contributed by atoms with Crippen molar-refractivity contribution in [3.8, 4) is 11.1 Å². The maximum absolute atomic E-state index is 12.4. The van der Waals surface area contributed by atoms with Gasteiger partial charge in [0.25, 0.3) is 10.0 Å². The summed E-state index contributed by atoms with van der Waals surface area (Å²) in [6.07, 6.45) is 1.29. The quantitative estimate of drug-likeness (QED) is 0.644. The zero-order chi connectivity index (χ0) is 15.5. The van der Waals surface area contributed by atoms with Crippen molar-refractivity contribution in [2.45, 2.75) is 11.8 Å². The molecule has 0 aliphatic heterocycles. The molecule has 0 N–H and O–H groups in total. The third-order valence-corrected chi connectivity index (χ3v) is 4.23. The van der Waals surface area contributed by atoms with Crippen molar-refractivity contribution in [1.29, 1.82) is 0 Å². The molecule has 0 unspecified atom stereocenters. The van der Waals surface area contributed by atoms with E-state index in [2.05, 4.69) is 4.40 Å². The van der Waals surface area contributed by atoms with Crippen molar-refractivity contribution in [2.75, 3.05) is 14.1 Å². The molecule has 21 heavy (non-hydrogen) atoms. The monoisotopic (exact) mass is 302 g/mol. The Morgan fingerprint density at radius 3 is 2.24 bits per heavy atom. The molecule has 110 valence electrons. The molecule has 0 saturated carbocycles. The number of hydrogen-bond donors (Lipinski definition) is 0. The Labute approximate surface area is 125 Å². The topological polar surface area (TPSA) is 49.7 Å². The fourth-order valence-corrected chi connectivity index (χ4v) is 3.02. The van der Waals surface area contributed by atoms with Gasteiger partial charge in [0.05, 0.1) is 4.90 Å². The molecule has 4 nitrogen and oxygen atoms in total. The van der Waals surface area contributed by atoms with Crippen molar-refractivity contribution < 1.29 is 8.42 Å². The third kappa shape index (κ3) is 3.70. The number of aryl methyl sites for hydroxylation is 1. The van der Waals surface area contributed by atoms with Gasteiger partial charge in [-0.1, -0.05) is 48.0 Å². The van der Waals surface area contributed by atoms with Crippen LogP contribution < -0.4 is 0 Å². The molecule has 0 amide bonds. The molecule has 0 radical (unpaired) electrons. The van der Waals surface area contributed by atoms with Gasteiger partial charge in [0.1, 0.15) is 6.34 Å². The molecule has 0 bridgehead atoms. The fraction of sp³-hybridized carbons (Fsp3) is 0.188. The van der Waals surface area contributed by atoms with Crippen molar-refractivity contribution in [1.82, 2.24) is 4.90 Å². The van der Waals surface area contributed by atoms with Crippen molar-refractivity contribution >= 4 is 16.4 Å². The fourth-order valence-electron chi connectivity index (χ4n) is 1.88. The zero-order valence-electron chi connectivity index (χ0n) is 12.3. The molecule has 0 spiro atoms. The van der Waals surface area contributed by atoms with Gasteiger partial charge >= 0.3 is 0 Å². The van der Waals surface area contributed by atoms with Crippen LogP contribution in [-0.2, 0) is 10.0 Å². The summed E-state index contributed by atoms with van der Waals surface area (Å²) in [5.74, 6) is 0. The lowest BCUT2D eigenvalue weighted by Gasteiger charge is -2.09. The van der Waals surface area contributed by atoms with E-state index >= 15 is 0 Å². The van der Waals surface area contributed by atoms with Crippen LogP contribution in [0.25, 0.3) is 11.1 Å². The van der Waals surface area contributed by atoms with E-state index in [-0.39, 0.29) is 4.90 Å². The van der Waals surface area contributed by atoms with Crippen molar-refractivity contribution in [3.05, 3.63) is 54.1 Å². The Morgan fingerprint density at radius 1 is 1.00 bits per heavy atom. The lowest BCUT2D eigenvalue weighted by Crippen LogP contribution is -2.10. The zero-order valence-corrected chi connectivity index (χ0v) is 13.1. The summed E-state index contributed by atoms with van der Waals surface area (Å²) in [4.78, 5) is 1.80. The minimum atomic E-state index is -3.72. The maximum Gasteiger partial charge on any atom is 0.284 e. The summed E-state index contributed by atoms with van der Waals surface area (Å²) in [5, 5.41) is 0. The van der Waals surface area contributed by atoms with Crippen molar-refractivity contribution in [3.63, 3.8) is 0 Å². The summed E-state index contributed by atoms with van der Waals surface area (Å²) < 4.78 is 28.4. The first-order valence-corrected chi connectivity index (χ1v) is 7.97. The number of nitrogens with zero attached hydrogens (tertiary/aromatic N) is 2. The number of benzene rings is 2. The van der Waals surface area contributed by atoms with Gasteiger partial charge in [-0.3, -0.25) is 0 Å². The Balaban J connectivity index is 2.54. The number of sulfonamides is 1. The highest BCUT2D eigenvalue weighted by Gasteiger charge is 2.17. The van der Waals surface area contributed by atoms with Crippen LogP contribution in [0, 0.1) is 6.92 Å². The minimum absolute atomic E-state index is 0.215.